The maximum absolute atomic E-state index is 2.72. The smallest absolute Gasteiger partial charge is 0.000652 e. The zero-order valence-corrected chi connectivity index (χ0v) is 18.3. The van der Waals surface area contributed by atoms with Crippen molar-refractivity contribution in [1.29, 1.82) is 0 Å². The van der Waals surface area contributed by atoms with Gasteiger partial charge in [0.25, 0.3) is 0 Å². The summed E-state index contributed by atoms with van der Waals surface area (Å²) < 4.78 is 0. The number of nitrogens with zero attached hydrogens (tertiary/aromatic N) is 2. The predicted molar refractivity (Wildman–Crippen MR) is 111 cm³/mol. The highest BCUT2D eigenvalue weighted by atomic mass is 15.1. The molecule has 0 rings (SSSR count). The molecule has 0 fully saturated rings. The summed E-state index contributed by atoms with van der Waals surface area (Å²) in [4.78, 5) is 5.27. The van der Waals surface area contributed by atoms with Crippen LogP contribution in [-0.2, 0) is 0 Å². The summed E-state index contributed by atoms with van der Waals surface area (Å²) in [6, 6.07) is 0. The normalized spacial score (nSPS) is 15.0. The maximum Gasteiger partial charge on any atom is 0.000652 e. The second-order valence-electron chi connectivity index (χ2n) is 9.07. The Morgan fingerprint density at radius 3 is 1.92 bits per heavy atom. The molecule has 0 aliphatic carbocycles. The molecular formula is C22H48N2. The van der Waals surface area contributed by atoms with Crippen LogP contribution < -0.4 is 0 Å². The first kappa shape index (κ1) is 23.9. The molecule has 2 heteroatoms. The van der Waals surface area contributed by atoms with Crippen molar-refractivity contribution in [2.24, 2.45) is 23.7 Å². The van der Waals surface area contributed by atoms with E-state index in [9.17, 15) is 0 Å². The van der Waals surface area contributed by atoms with Crippen molar-refractivity contribution < 1.29 is 0 Å². The predicted octanol–water partition coefficient (Wildman–Crippen LogP) is 5.77. The van der Waals surface area contributed by atoms with E-state index in [1.165, 1.54) is 64.8 Å². The molecule has 24 heavy (non-hydrogen) atoms. The second-order valence-corrected chi connectivity index (χ2v) is 9.07. The Bertz CT molecular complexity index is 275. The van der Waals surface area contributed by atoms with E-state index in [0.717, 1.165) is 23.7 Å². The van der Waals surface area contributed by atoms with E-state index in [1.54, 1.807) is 0 Å². The topological polar surface area (TPSA) is 6.48 Å². The fourth-order valence-corrected chi connectivity index (χ4v) is 3.24. The summed E-state index contributed by atoms with van der Waals surface area (Å²) in [5.41, 5.74) is 0. The van der Waals surface area contributed by atoms with Gasteiger partial charge in [0.2, 0.25) is 0 Å². The molecule has 0 aromatic carbocycles. The zero-order valence-electron chi connectivity index (χ0n) is 18.3. The molecule has 2 nitrogen and oxygen atoms in total. The molecule has 0 bridgehead atoms. The van der Waals surface area contributed by atoms with Crippen LogP contribution in [0.25, 0.3) is 0 Å². The van der Waals surface area contributed by atoms with Gasteiger partial charge in [-0.15, -0.1) is 0 Å². The lowest BCUT2D eigenvalue weighted by atomic mass is 9.97. The van der Waals surface area contributed by atoms with Crippen molar-refractivity contribution in [2.75, 3.05) is 39.8 Å². The van der Waals surface area contributed by atoms with Crippen molar-refractivity contribution in [2.45, 2.75) is 80.6 Å². The van der Waals surface area contributed by atoms with Gasteiger partial charge in [-0.25, -0.2) is 0 Å². The molecule has 2 unspecified atom stereocenters. The van der Waals surface area contributed by atoms with Crippen LogP contribution in [0, 0.1) is 23.7 Å². The second kappa shape index (κ2) is 14.1. The first-order valence-electron chi connectivity index (χ1n) is 10.7. The third kappa shape index (κ3) is 13.2. The van der Waals surface area contributed by atoms with Crippen LogP contribution in [0.3, 0.4) is 0 Å². The maximum atomic E-state index is 2.72. The summed E-state index contributed by atoms with van der Waals surface area (Å²) in [7, 11) is 2.30. The monoisotopic (exact) mass is 340 g/mol. The molecule has 0 saturated carbocycles. The summed E-state index contributed by atoms with van der Waals surface area (Å²) in [5.74, 6) is 3.21. The molecule has 0 aromatic rings. The van der Waals surface area contributed by atoms with Gasteiger partial charge >= 0.3 is 0 Å². The first-order valence-corrected chi connectivity index (χ1v) is 10.7. The molecule has 0 heterocycles. The Balaban J connectivity index is 4.11. The highest BCUT2D eigenvalue weighted by Crippen LogP contribution is 2.13. The van der Waals surface area contributed by atoms with Gasteiger partial charge in [-0.2, -0.15) is 0 Å². The fourth-order valence-electron chi connectivity index (χ4n) is 3.24. The highest BCUT2D eigenvalue weighted by molar-refractivity contribution is 4.67. The van der Waals surface area contributed by atoms with Crippen LogP contribution in [0.1, 0.15) is 80.6 Å². The average molecular weight is 341 g/mol. The fraction of sp³-hybridized carbons (Fsp3) is 1.00. The van der Waals surface area contributed by atoms with Crippen molar-refractivity contribution in [3.63, 3.8) is 0 Å². The van der Waals surface area contributed by atoms with Gasteiger partial charge in [0.15, 0.2) is 0 Å². The number of rotatable bonds is 15. The minimum Gasteiger partial charge on any atom is -0.306 e. The summed E-state index contributed by atoms with van der Waals surface area (Å²) >= 11 is 0. The highest BCUT2D eigenvalue weighted by Gasteiger charge is 2.14. The summed E-state index contributed by atoms with van der Waals surface area (Å²) in [6.07, 6.45) is 6.73. The standard InChI is InChI=1S/C22H48N2/c1-9-10-14-24(15-11-12-19(2)3)16-13-21(6)17-23(8)18-22(7)20(4)5/h19-22H,9-18H2,1-8H3. The molecule has 0 saturated heterocycles. The Hall–Kier alpha value is -0.0800. The van der Waals surface area contributed by atoms with E-state index in [-0.39, 0.29) is 0 Å². The molecule has 0 N–H and O–H groups in total. The van der Waals surface area contributed by atoms with E-state index >= 15 is 0 Å². The van der Waals surface area contributed by atoms with Crippen molar-refractivity contribution in [3.8, 4) is 0 Å². The van der Waals surface area contributed by atoms with Crippen LogP contribution in [-0.4, -0.2) is 49.6 Å². The average Bonchev–Trinajstić information content (AvgIpc) is 2.48. The van der Waals surface area contributed by atoms with Crippen LogP contribution in [0.4, 0.5) is 0 Å². The number of unbranched alkanes of at least 4 members (excludes halogenated alkanes) is 1. The lowest BCUT2D eigenvalue weighted by Gasteiger charge is -2.28. The minimum atomic E-state index is 0.785. The van der Waals surface area contributed by atoms with Crippen molar-refractivity contribution in [3.05, 3.63) is 0 Å². The van der Waals surface area contributed by atoms with Gasteiger partial charge < -0.3 is 9.80 Å². The first-order chi connectivity index (χ1) is 11.3. The SMILES string of the molecule is CCCCN(CCCC(C)C)CCC(C)CN(C)CC(C)C(C)C. The van der Waals surface area contributed by atoms with Gasteiger partial charge in [0, 0.05) is 13.1 Å². The third-order valence-electron chi connectivity index (χ3n) is 5.38. The van der Waals surface area contributed by atoms with Gasteiger partial charge in [-0.3, -0.25) is 0 Å². The van der Waals surface area contributed by atoms with Gasteiger partial charge in [-0.05, 0) is 76.0 Å². The summed E-state index contributed by atoms with van der Waals surface area (Å²) in [5, 5.41) is 0. The molecule has 0 aliphatic rings. The van der Waals surface area contributed by atoms with Gasteiger partial charge in [0.05, 0.1) is 0 Å². The molecule has 2 atom stereocenters. The van der Waals surface area contributed by atoms with E-state index in [4.69, 9.17) is 0 Å². The van der Waals surface area contributed by atoms with E-state index in [0.29, 0.717) is 0 Å². The lowest BCUT2D eigenvalue weighted by Crippen LogP contribution is -2.33. The van der Waals surface area contributed by atoms with Crippen LogP contribution >= 0.6 is 0 Å². The largest absolute Gasteiger partial charge is 0.306 e. The summed E-state index contributed by atoms with van der Waals surface area (Å²) in [6.45, 7) is 22.8. The Morgan fingerprint density at radius 2 is 1.38 bits per heavy atom. The Labute approximate surface area is 154 Å². The quantitative estimate of drug-likeness (QED) is 0.373. The van der Waals surface area contributed by atoms with Crippen LogP contribution in [0.5, 0.6) is 0 Å². The molecule has 0 aliphatic heterocycles. The van der Waals surface area contributed by atoms with Crippen LogP contribution in [0.15, 0.2) is 0 Å². The van der Waals surface area contributed by atoms with E-state index in [2.05, 4.69) is 65.3 Å². The number of hydrogen-bond acceptors (Lipinski definition) is 2. The van der Waals surface area contributed by atoms with E-state index in [1.807, 2.05) is 0 Å². The molecular weight excluding hydrogens is 292 g/mol. The minimum absolute atomic E-state index is 0.785. The van der Waals surface area contributed by atoms with Gasteiger partial charge in [-0.1, -0.05) is 54.9 Å². The Kier molecular flexibility index (Phi) is 14.1. The van der Waals surface area contributed by atoms with E-state index < -0.39 is 0 Å². The number of hydrogen-bond donors (Lipinski definition) is 0. The molecule has 146 valence electrons. The third-order valence-corrected chi connectivity index (χ3v) is 5.38. The van der Waals surface area contributed by atoms with Crippen LogP contribution in [0.2, 0.25) is 0 Å². The van der Waals surface area contributed by atoms with Crippen molar-refractivity contribution in [1.82, 2.24) is 9.80 Å². The molecule has 0 radical (unpaired) electrons. The van der Waals surface area contributed by atoms with Crippen molar-refractivity contribution >= 4 is 0 Å². The van der Waals surface area contributed by atoms with Gasteiger partial charge in [0.1, 0.15) is 0 Å². The Morgan fingerprint density at radius 1 is 0.750 bits per heavy atom. The molecule has 0 spiro atoms. The molecule has 0 amide bonds. The molecule has 0 aromatic heterocycles. The lowest BCUT2D eigenvalue weighted by molar-refractivity contribution is 0.198. The zero-order chi connectivity index (χ0) is 18.5.